The number of carbonyl (C=O) groups is 1. The summed E-state index contributed by atoms with van der Waals surface area (Å²) in [4.78, 5) is 14.7. The number of piperidine rings is 1. The lowest BCUT2D eigenvalue weighted by atomic mass is 10.0. The zero-order chi connectivity index (χ0) is 14.6. The van der Waals surface area contributed by atoms with Gasteiger partial charge in [0.25, 0.3) is 0 Å². The molecule has 0 unspecified atom stereocenters. The first-order chi connectivity index (χ1) is 9.46. The molecule has 2 heterocycles. The van der Waals surface area contributed by atoms with Crippen molar-refractivity contribution < 1.29 is 4.79 Å². The minimum Gasteiger partial charge on any atom is -0.339 e. The first kappa shape index (κ1) is 15.9. The van der Waals surface area contributed by atoms with Crippen molar-refractivity contribution in [2.45, 2.75) is 57.2 Å². The van der Waals surface area contributed by atoms with Gasteiger partial charge in [-0.1, -0.05) is 20.8 Å². The van der Waals surface area contributed by atoms with Crippen LogP contribution in [0.5, 0.6) is 0 Å². The van der Waals surface area contributed by atoms with Gasteiger partial charge in [0.1, 0.15) is 0 Å². The Morgan fingerprint density at radius 1 is 1.45 bits per heavy atom. The highest BCUT2D eigenvalue weighted by Gasteiger charge is 2.27. The molecule has 0 saturated carbocycles. The highest BCUT2D eigenvalue weighted by Crippen LogP contribution is 2.28. The summed E-state index contributed by atoms with van der Waals surface area (Å²) < 4.78 is 0.277. The SMILES string of the molecule is CC(C)(C)SC[C@@H]1CCCCN1C(=O)Cc1ccsc1. The number of hydrogen-bond donors (Lipinski definition) is 0. The number of hydrogen-bond acceptors (Lipinski definition) is 3. The Labute approximate surface area is 130 Å². The van der Waals surface area contributed by atoms with E-state index in [1.807, 2.05) is 17.1 Å². The van der Waals surface area contributed by atoms with Crippen LogP contribution in [0.25, 0.3) is 0 Å². The molecule has 0 bridgehead atoms. The quantitative estimate of drug-likeness (QED) is 0.830. The fraction of sp³-hybridized carbons (Fsp3) is 0.688. The van der Waals surface area contributed by atoms with Crippen molar-refractivity contribution in [1.82, 2.24) is 4.90 Å². The number of nitrogens with zero attached hydrogens (tertiary/aromatic N) is 1. The highest BCUT2D eigenvalue weighted by atomic mass is 32.2. The predicted octanol–water partition coefficient (Wildman–Crippen LogP) is 4.20. The van der Waals surface area contributed by atoms with Gasteiger partial charge in [-0.05, 0) is 41.7 Å². The normalized spacial score (nSPS) is 20.1. The summed E-state index contributed by atoms with van der Waals surface area (Å²) in [5.41, 5.74) is 1.16. The van der Waals surface area contributed by atoms with Crippen LogP contribution in [0.15, 0.2) is 16.8 Å². The summed E-state index contributed by atoms with van der Waals surface area (Å²) >= 11 is 3.65. The van der Waals surface area contributed by atoms with Crippen molar-refractivity contribution in [3.63, 3.8) is 0 Å². The zero-order valence-corrected chi connectivity index (χ0v) is 14.4. The lowest BCUT2D eigenvalue weighted by Crippen LogP contribution is -2.46. The van der Waals surface area contributed by atoms with Crippen molar-refractivity contribution in [1.29, 1.82) is 0 Å². The number of thiophene rings is 1. The first-order valence-electron chi connectivity index (χ1n) is 7.40. The van der Waals surface area contributed by atoms with Gasteiger partial charge in [-0.3, -0.25) is 4.79 Å². The Bertz CT molecular complexity index is 422. The van der Waals surface area contributed by atoms with E-state index in [4.69, 9.17) is 0 Å². The van der Waals surface area contributed by atoms with Crippen molar-refractivity contribution in [3.8, 4) is 0 Å². The summed E-state index contributed by atoms with van der Waals surface area (Å²) in [6, 6.07) is 2.49. The Kier molecular flexibility index (Phi) is 5.56. The van der Waals surface area contributed by atoms with Gasteiger partial charge >= 0.3 is 0 Å². The van der Waals surface area contributed by atoms with Crippen LogP contribution < -0.4 is 0 Å². The number of likely N-dealkylation sites (tertiary alicyclic amines) is 1. The molecule has 2 nitrogen and oxygen atoms in total. The molecule has 1 aromatic rings. The third-order valence-electron chi connectivity index (χ3n) is 3.59. The van der Waals surface area contributed by atoms with Crippen LogP contribution in [-0.2, 0) is 11.2 Å². The van der Waals surface area contributed by atoms with Crippen LogP contribution in [0, 0.1) is 0 Å². The molecule has 1 aliphatic heterocycles. The molecule has 1 aromatic heterocycles. The number of carbonyl (C=O) groups excluding carboxylic acids is 1. The van der Waals surface area contributed by atoms with Crippen molar-refractivity contribution >= 4 is 29.0 Å². The third kappa shape index (κ3) is 4.81. The molecule has 4 heteroatoms. The van der Waals surface area contributed by atoms with Gasteiger partial charge in [0, 0.05) is 23.1 Å². The topological polar surface area (TPSA) is 20.3 Å². The lowest BCUT2D eigenvalue weighted by molar-refractivity contribution is -0.133. The minimum atomic E-state index is 0.277. The maximum atomic E-state index is 12.5. The maximum absolute atomic E-state index is 12.5. The van der Waals surface area contributed by atoms with Crippen molar-refractivity contribution in [3.05, 3.63) is 22.4 Å². The molecule has 20 heavy (non-hydrogen) atoms. The number of rotatable bonds is 4. The van der Waals surface area contributed by atoms with Gasteiger partial charge in [0.15, 0.2) is 0 Å². The Balaban J connectivity index is 1.93. The average molecular weight is 312 g/mol. The molecule has 0 aromatic carbocycles. The van der Waals surface area contributed by atoms with E-state index in [0.717, 1.165) is 24.3 Å². The van der Waals surface area contributed by atoms with E-state index >= 15 is 0 Å². The molecule has 1 atom stereocenters. The lowest BCUT2D eigenvalue weighted by Gasteiger charge is -2.37. The monoisotopic (exact) mass is 311 g/mol. The maximum Gasteiger partial charge on any atom is 0.227 e. The minimum absolute atomic E-state index is 0.277. The molecular weight excluding hydrogens is 286 g/mol. The van der Waals surface area contributed by atoms with E-state index < -0.39 is 0 Å². The van der Waals surface area contributed by atoms with Crippen molar-refractivity contribution in [2.24, 2.45) is 0 Å². The molecule has 0 radical (unpaired) electrons. The van der Waals surface area contributed by atoms with E-state index in [1.54, 1.807) is 11.3 Å². The Hall–Kier alpha value is -0.480. The largest absolute Gasteiger partial charge is 0.339 e. The number of thioether (sulfide) groups is 1. The van der Waals surface area contributed by atoms with E-state index in [-0.39, 0.29) is 4.75 Å². The second kappa shape index (κ2) is 6.99. The molecule has 0 spiro atoms. The number of amides is 1. The van der Waals surface area contributed by atoms with Crippen LogP contribution in [0.3, 0.4) is 0 Å². The molecular formula is C16H25NOS2. The molecule has 0 N–H and O–H groups in total. The molecule has 0 aliphatic carbocycles. The summed E-state index contributed by atoms with van der Waals surface area (Å²) in [7, 11) is 0. The van der Waals surface area contributed by atoms with Crippen molar-refractivity contribution in [2.75, 3.05) is 12.3 Å². The van der Waals surface area contributed by atoms with Crippen LogP contribution >= 0.6 is 23.1 Å². The highest BCUT2D eigenvalue weighted by molar-refractivity contribution is 8.00. The van der Waals surface area contributed by atoms with Gasteiger partial charge in [-0.2, -0.15) is 23.1 Å². The molecule has 1 saturated heterocycles. The molecule has 2 rings (SSSR count). The van der Waals surface area contributed by atoms with E-state index in [2.05, 4.69) is 37.1 Å². The smallest absolute Gasteiger partial charge is 0.227 e. The van der Waals surface area contributed by atoms with E-state index in [0.29, 0.717) is 18.4 Å². The molecule has 1 amide bonds. The fourth-order valence-corrected chi connectivity index (χ4v) is 4.23. The Morgan fingerprint density at radius 3 is 2.90 bits per heavy atom. The van der Waals surface area contributed by atoms with Gasteiger partial charge in [0.2, 0.25) is 5.91 Å². The van der Waals surface area contributed by atoms with Crippen LogP contribution in [0.4, 0.5) is 0 Å². The Morgan fingerprint density at radius 2 is 2.25 bits per heavy atom. The molecule has 1 fully saturated rings. The average Bonchev–Trinajstić information content (AvgIpc) is 2.88. The van der Waals surface area contributed by atoms with Gasteiger partial charge in [0.05, 0.1) is 6.42 Å². The van der Waals surface area contributed by atoms with E-state index in [1.165, 1.54) is 12.8 Å². The predicted molar refractivity (Wildman–Crippen MR) is 89.6 cm³/mol. The van der Waals surface area contributed by atoms with Gasteiger partial charge < -0.3 is 4.90 Å². The summed E-state index contributed by atoms with van der Waals surface area (Å²) in [5, 5.41) is 4.13. The van der Waals surface area contributed by atoms with Crippen LogP contribution in [0.1, 0.15) is 45.6 Å². The van der Waals surface area contributed by atoms with Gasteiger partial charge in [-0.15, -0.1) is 0 Å². The summed E-state index contributed by atoms with van der Waals surface area (Å²) in [6.07, 6.45) is 4.16. The first-order valence-corrected chi connectivity index (χ1v) is 9.33. The van der Waals surface area contributed by atoms with E-state index in [9.17, 15) is 4.79 Å². The van der Waals surface area contributed by atoms with Crippen LogP contribution in [-0.4, -0.2) is 33.9 Å². The summed E-state index contributed by atoms with van der Waals surface area (Å²) in [5.74, 6) is 1.38. The second-order valence-corrected chi connectivity index (χ2v) is 9.10. The fourth-order valence-electron chi connectivity index (χ4n) is 2.52. The zero-order valence-electron chi connectivity index (χ0n) is 12.7. The second-order valence-electron chi connectivity index (χ2n) is 6.47. The standard InChI is InChI=1S/C16H25NOS2/c1-16(2,3)20-12-14-6-4-5-8-17(14)15(18)10-13-7-9-19-11-13/h7,9,11,14H,4-6,8,10,12H2,1-3H3/t14-/m0/s1. The third-order valence-corrected chi connectivity index (χ3v) is 5.74. The molecule has 112 valence electrons. The van der Waals surface area contributed by atoms with Gasteiger partial charge in [-0.25, -0.2) is 0 Å². The molecule has 1 aliphatic rings. The summed E-state index contributed by atoms with van der Waals surface area (Å²) in [6.45, 7) is 7.69. The van der Waals surface area contributed by atoms with Crippen LogP contribution in [0.2, 0.25) is 0 Å².